The first kappa shape index (κ1) is 9.04. The Balaban J connectivity index is 2.73. The van der Waals surface area contributed by atoms with E-state index < -0.39 is 0 Å². The number of hydrogen-bond acceptors (Lipinski definition) is 2. The van der Waals surface area contributed by atoms with E-state index in [9.17, 15) is 0 Å². The molecule has 0 amide bonds. The van der Waals surface area contributed by atoms with Crippen LogP contribution in [0.5, 0.6) is 0 Å². The number of allylic oxidation sites excluding steroid dienone is 1. The van der Waals surface area contributed by atoms with Gasteiger partial charge in [0.25, 0.3) is 0 Å². The standard InChI is InChI=1S/C10H15NO/c1-4-5-6-7-10-8(2)11-12-9(10)3/h6-7H,4-5H2,1-3H3/b7-6-. The maximum Gasteiger partial charge on any atom is 0.141 e. The number of hydrogen-bond donors (Lipinski definition) is 0. The van der Waals surface area contributed by atoms with Gasteiger partial charge in [-0.05, 0) is 20.3 Å². The van der Waals surface area contributed by atoms with E-state index in [1.807, 2.05) is 13.8 Å². The van der Waals surface area contributed by atoms with Crippen LogP contribution in [0.25, 0.3) is 6.08 Å². The molecule has 66 valence electrons. The van der Waals surface area contributed by atoms with Gasteiger partial charge in [0.15, 0.2) is 0 Å². The molecule has 2 nitrogen and oxygen atoms in total. The molecular formula is C10H15NO. The Morgan fingerprint density at radius 2 is 2.17 bits per heavy atom. The van der Waals surface area contributed by atoms with Crippen LogP contribution in [0.2, 0.25) is 0 Å². The summed E-state index contributed by atoms with van der Waals surface area (Å²) in [6.45, 7) is 6.06. The predicted octanol–water partition coefficient (Wildman–Crippen LogP) is 3.10. The average molecular weight is 165 g/mol. The Hall–Kier alpha value is -1.05. The molecule has 2 heteroatoms. The van der Waals surface area contributed by atoms with Crippen molar-refractivity contribution in [3.63, 3.8) is 0 Å². The lowest BCUT2D eigenvalue weighted by atomic mass is 10.2. The van der Waals surface area contributed by atoms with Crippen LogP contribution < -0.4 is 0 Å². The van der Waals surface area contributed by atoms with Crippen molar-refractivity contribution in [1.29, 1.82) is 0 Å². The lowest BCUT2D eigenvalue weighted by molar-refractivity contribution is 0.393. The first-order chi connectivity index (χ1) is 5.75. The third-order valence-corrected chi connectivity index (χ3v) is 1.83. The highest BCUT2D eigenvalue weighted by molar-refractivity contribution is 5.52. The predicted molar refractivity (Wildman–Crippen MR) is 49.9 cm³/mol. The van der Waals surface area contributed by atoms with Gasteiger partial charge in [-0.1, -0.05) is 30.7 Å². The molecule has 12 heavy (non-hydrogen) atoms. The van der Waals surface area contributed by atoms with E-state index in [0.717, 1.165) is 23.4 Å². The Bertz CT molecular complexity index is 254. The van der Waals surface area contributed by atoms with Crippen LogP contribution in [0, 0.1) is 13.8 Å². The van der Waals surface area contributed by atoms with Crippen molar-refractivity contribution in [2.75, 3.05) is 0 Å². The lowest BCUT2D eigenvalue weighted by Crippen LogP contribution is -1.76. The molecule has 0 aromatic carbocycles. The zero-order valence-corrected chi connectivity index (χ0v) is 7.92. The molecule has 0 radical (unpaired) electrons. The highest BCUT2D eigenvalue weighted by Gasteiger charge is 2.03. The SMILES string of the molecule is CCC/C=C\c1c(C)noc1C. The summed E-state index contributed by atoms with van der Waals surface area (Å²) < 4.78 is 5.02. The Morgan fingerprint density at radius 3 is 2.67 bits per heavy atom. The fourth-order valence-electron chi connectivity index (χ4n) is 1.10. The van der Waals surface area contributed by atoms with Gasteiger partial charge >= 0.3 is 0 Å². The second-order valence-corrected chi connectivity index (χ2v) is 2.93. The van der Waals surface area contributed by atoms with Gasteiger partial charge in [-0.2, -0.15) is 0 Å². The quantitative estimate of drug-likeness (QED) is 0.687. The van der Waals surface area contributed by atoms with Crippen molar-refractivity contribution in [3.8, 4) is 0 Å². The van der Waals surface area contributed by atoms with E-state index >= 15 is 0 Å². The summed E-state index contributed by atoms with van der Waals surface area (Å²) in [4.78, 5) is 0. The minimum atomic E-state index is 0.903. The van der Waals surface area contributed by atoms with Crippen molar-refractivity contribution in [3.05, 3.63) is 23.1 Å². The Kier molecular flexibility index (Phi) is 3.09. The average Bonchev–Trinajstić information content (AvgIpc) is 2.35. The summed E-state index contributed by atoms with van der Waals surface area (Å²) >= 11 is 0. The van der Waals surface area contributed by atoms with Crippen molar-refractivity contribution >= 4 is 6.08 Å². The molecule has 0 aliphatic carbocycles. The minimum absolute atomic E-state index is 0.903. The summed E-state index contributed by atoms with van der Waals surface area (Å²) in [5, 5.41) is 3.87. The molecule has 0 bridgehead atoms. The molecule has 0 saturated carbocycles. The number of aryl methyl sites for hydroxylation is 2. The number of rotatable bonds is 3. The first-order valence-corrected chi connectivity index (χ1v) is 4.35. The van der Waals surface area contributed by atoms with Crippen LogP contribution in [0.1, 0.15) is 36.8 Å². The van der Waals surface area contributed by atoms with E-state index in [2.05, 4.69) is 24.2 Å². The van der Waals surface area contributed by atoms with Crippen LogP contribution in [-0.4, -0.2) is 5.16 Å². The highest BCUT2D eigenvalue weighted by Crippen LogP contribution is 2.14. The van der Waals surface area contributed by atoms with Crippen molar-refractivity contribution in [1.82, 2.24) is 5.16 Å². The number of nitrogens with zero attached hydrogens (tertiary/aromatic N) is 1. The second-order valence-electron chi connectivity index (χ2n) is 2.93. The Morgan fingerprint density at radius 1 is 1.42 bits per heavy atom. The van der Waals surface area contributed by atoms with Gasteiger partial charge in [-0.25, -0.2) is 0 Å². The van der Waals surface area contributed by atoms with Gasteiger partial charge < -0.3 is 4.52 Å². The lowest BCUT2D eigenvalue weighted by Gasteiger charge is -1.88. The van der Waals surface area contributed by atoms with Crippen molar-refractivity contribution < 1.29 is 4.52 Å². The molecule has 1 aromatic heterocycles. The zero-order valence-electron chi connectivity index (χ0n) is 7.92. The van der Waals surface area contributed by atoms with Crippen LogP contribution in [0.4, 0.5) is 0 Å². The molecule has 0 atom stereocenters. The highest BCUT2D eigenvalue weighted by atomic mass is 16.5. The van der Waals surface area contributed by atoms with Gasteiger partial charge in [-0.3, -0.25) is 0 Å². The molecule has 0 unspecified atom stereocenters. The third kappa shape index (κ3) is 1.97. The molecule has 0 fully saturated rings. The number of unbranched alkanes of at least 4 members (excludes halogenated alkanes) is 1. The van der Waals surface area contributed by atoms with E-state index in [1.165, 1.54) is 6.42 Å². The van der Waals surface area contributed by atoms with Crippen LogP contribution in [0.15, 0.2) is 10.6 Å². The molecule has 0 aliphatic rings. The molecule has 0 saturated heterocycles. The first-order valence-electron chi connectivity index (χ1n) is 4.35. The molecule has 0 N–H and O–H groups in total. The summed E-state index contributed by atoms with van der Waals surface area (Å²) in [7, 11) is 0. The molecule has 1 aromatic rings. The maximum absolute atomic E-state index is 5.02. The molecule has 1 heterocycles. The summed E-state index contributed by atoms with van der Waals surface area (Å²) in [5.74, 6) is 0.903. The molecule has 0 aliphatic heterocycles. The fourth-order valence-corrected chi connectivity index (χ4v) is 1.10. The molecule has 1 rings (SSSR count). The smallest absolute Gasteiger partial charge is 0.141 e. The second kappa shape index (κ2) is 4.10. The topological polar surface area (TPSA) is 26.0 Å². The van der Waals surface area contributed by atoms with Gasteiger partial charge in [0, 0.05) is 5.56 Å². The van der Waals surface area contributed by atoms with Gasteiger partial charge in [0.05, 0.1) is 5.69 Å². The monoisotopic (exact) mass is 165 g/mol. The summed E-state index contributed by atoms with van der Waals surface area (Å²) in [5.41, 5.74) is 2.10. The maximum atomic E-state index is 5.02. The van der Waals surface area contributed by atoms with Gasteiger partial charge in [-0.15, -0.1) is 0 Å². The largest absolute Gasteiger partial charge is 0.361 e. The molecular weight excluding hydrogens is 150 g/mol. The Labute approximate surface area is 73.3 Å². The normalized spacial score (nSPS) is 11.2. The fraction of sp³-hybridized carbons (Fsp3) is 0.500. The molecule has 0 spiro atoms. The summed E-state index contributed by atoms with van der Waals surface area (Å²) in [6.07, 6.45) is 6.54. The zero-order chi connectivity index (χ0) is 8.97. The van der Waals surface area contributed by atoms with Crippen LogP contribution in [-0.2, 0) is 0 Å². The minimum Gasteiger partial charge on any atom is -0.361 e. The third-order valence-electron chi connectivity index (χ3n) is 1.83. The van der Waals surface area contributed by atoms with Crippen molar-refractivity contribution in [2.45, 2.75) is 33.6 Å². The van der Waals surface area contributed by atoms with Gasteiger partial charge in [0.1, 0.15) is 5.76 Å². The van der Waals surface area contributed by atoms with E-state index in [0.29, 0.717) is 0 Å². The van der Waals surface area contributed by atoms with E-state index in [1.54, 1.807) is 0 Å². The summed E-state index contributed by atoms with van der Waals surface area (Å²) in [6, 6.07) is 0. The number of aromatic nitrogens is 1. The van der Waals surface area contributed by atoms with E-state index in [4.69, 9.17) is 4.52 Å². The van der Waals surface area contributed by atoms with Crippen LogP contribution >= 0.6 is 0 Å². The van der Waals surface area contributed by atoms with Gasteiger partial charge in [0.2, 0.25) is 0 Å². The van der Waals surface area contributed by atoms with E-state index in [-0.39, 0.29) is 0 Å². The van der Waals surface area contributed by atoms with Crippen molar-refractivity contribution in [2.24, 2.45) is 0 Å². The van der Waals surface area contributed by atoms with Crippen LogP contribution in [0.3, 0.4) is 0 Å².